The molecule has 0 rings (SSSR count). The maximum atomic E-state index is 12.7. The van der Waals surface area contributed by atoms with Crippen molar-refractivity contribution in [2.45, 2.75) is 264 Å². The molecule has 0 radical (unpaired) electrons. The molecule has 0 heterocycles. The molecule has 0 aromatic rings. The van der Waals surface area contributed by atoms with Gasteiger partial charge in [0.25, 0.3) is 0 Å². The number of nitrogens with two attached hydrogens (primary N) is 1. The van der Waals surface area contributed by atoms with Crippen LogP contribution in [0.1, 0.15) is 258 Å². The van der Waals surface area contributed by atoms with Crippen molar-refractivity contribution in [1.82, 2.24) is 0 Å². The van der Waals surface area contributed by atoms with Crippen molar-refractivity contribution in [2.75, 3.05) is 26.4 Å². The van der Waals surface area contributed by atoms with E-state index in [9.17, 15) is 19.0 Å². The lowest BCUT2D eigenvalue weighted by atomic mass is 10.0. The maximum absolute atomic E-state index is 12.7. The molecule has 0 aliphatic heterocycles. The monoisotopic (exact) mass is 910 g/mol. The molecule has 0 saturated heterocycles. The van der Waals surface area contributed by atoms with E-state index in [2.05, 4.69) is 50.3 Å². The van der Waals surface area contributed by atoms with Crippen LogP contribution in [0.3, 0.4) is 0 Å². The van der Waals surface area contributed by atoms with Gasteiger partial charge in [-0.2, -0.15) is 0 Å². The zero-order valence-corrected chi connectivity index (χ0v) is 42.0. The van der Waals surface area contributed by atoms with Gasteiger partial charge in [-0.1, -0.05) is 230 Å². The largest absolute Gasteiger partial charge is 0.472 e. The van der Waals surface area contributed by atoms with Gasteiger partial charge in [0.05, 0.1) is 13.2 Å². The first-order valence-corrected chi connectivity index (χ1v) is 28.0. The second-order valence-electron chi connectivity index (χ2n) is 17.8. The number of rotatable bonds is 50. The van der Waals surface area contributed by atoms with Crippen molar-refractivity contribution in [2.24, 2.45) is 5.73 Å². The van der Waals surface area contributed by atoms with Crippen LogP contribution < -0.4 is 5.73 Å². The molecule has 10 heteroatoms. The Labute approximate surface area is 388 Å². The summed E-state index contributed by atoms with van der Waals surface area (Å²) in [7, 11) is -4.38. The molecule has 0 spiro atoms. The summed E-state index contributed by atoms with van der Waals surface area (Å²) < 4.78 is 32.9. The Morgan fingerprint density at radius 2 is 0.825 bits per heavy atom. The second-order valence-corrected chi connectivity index (χ2v) is 19.2. The van der Waals surface area contributed by atoms with Crippen LogP contribution in [0.5, 0.6) is 0 Å². The van der Waals surface area contributed by atoms with Crippen molar-refractivity contribution in [1.29, 1.82) is 0 Å². The summed E-state index contributed by atoms with van der Waals surface area (Å²) in [5, 5.41) is 0. The van der Waals surface area contributed by atoms with E-state index >= 15 is 0 Å². The lowest BCUT2D eigenvalue weighted by Crippen LogP contribution is -2.29. The highest BCUT2D eigenvalue weighted by atomic mass is 31.2. The fourth-order valence-electron chi connectivity index (χ4n) is 7.59. The van der Waals surface area contributed by atoms with E-state index in [4.69, 9.17) is 24.3 Å². The number of ether oxygens (including phenoxy) is 2. The van der Waals surface area contributed by atoms with E-state index in [1.165, 1.54) is 173 Å². The zero-order valence-electron chi connectivity index (χ0n) is 41.1. The summed E-state index contributed by atoms with van der Waals surface area (Å²) in [5.41, 5.74) is 5.37. The van der Waals surface area contributed by atoms with Gasteiger partial charge in [-0.05, 0) is 51.4 Å². The van der Waals surface area contributed by atoms with E-state index in [0.29, 0.717) is 6.42 Å². The van der Waals surface area contributed by atoms with E-state index in [1.54, 1.807) is 0 Å². The third-order valence-corrected chi connectivity index (χ3v) is 12.5. The summed E-state index contributed by atoms with van der Waals surface area (Å²) in [4.78, 5) is 35.0. The number of carbonyl (C=O) groups is 2. The highest BCUT2D eigenvalue weighted by molar-refractivity contribution is 7.47. The molecule has 63 heavy (non-hydrogen) atoms. The number of unbranched alkanes of at least 4 members (excludes halogenated alkanes) is 31. The molecule has 9 nitrogen and oxygen atoms in total. The van der Waals surface area contributed by atoms with Crippen LogP contribution in [0.25, 0.3) is 0 Å². The molecule has 0 fully saturated rings. The molecule has 0 aromatic carbocycles. The third kappa shape index (κ3) is 49.5. The van der Waals surface area contributed by atoms with Crippen molar-refractivity contribution in [3.05, 3.63) is 36.5 Å². The molecule has 0 aliphatic rings. The van der Waals surface area contributed by atoms with Gasteiger partial charge in [-0.25, -0.2) is 4.57 Å². The molecule has 3 N–H and O–H groups in total. The molecule has 0 saturated carbocycles. The summed E-state index contributed by atoms with van der Waals surface area (Å²) in [6.45, 7) is 3.76. The quantitative estimate of drug-likeness (QED) is 0.0265. The SMILES string of the molecule is CCCCCCC/C=C\C/C=C\C/C=C\CCCCCCCCCCCCCCC(=O)OC(COC(=O)CCCCCCCCCCCCCCCCC)COP(=O)(O)OCCN. The Kier molecular flexibility index (Phi) is 48.3. The predicted octanol–water partition coefficient (Wildman–Crippen LogP) is 16.1. The van der Waals surface area contributed by atoms with Crippen LogP contribution in [0, 0.1) is 0 Å². The van der Waals surface area contributed by atoms with Crippen LogP contribution in [-0.2, 0) is 32.7 Å². The molecule has 370 valence electrons. The van der Waals surface area contributed by atoms with E-state index < -0.39 is 26.5 Å². The smallest absolute Gasteiger partial charge is 0.462 e. The van der Waals surface area contributed by atoms with Crippen LogP contribution in [0.2, 0.25) is 0 Å². The number of phosphoric acid groups is 1. The Bertz CT molecular complexity index is 1130. The van der Waals surface area contributed by atoms with Crippen molar-refractivity contribution >= 4 is 19.8 Å². The molecular formula is C53H100NO8P. The summed E-state index contributed by atoms with van der Waals surface area (Å²) in [6.07, 6.45) is 57.6. The van der Waals surface area contributed by atoms with Crippen LogP contribution >= 0.6 is 7.82 Å². The van der Waals surface area contributed by atoms with Crippen LogP contribution in [0.15, 0.2) is 36.5 Å². The molecule has 0 aliphatic carbocycles. The number of hydrogen-bond acceptors (Lipinski definition) is 8. The minimum atomic E-state index is -4.38. The minimum absolute atomic E-state index is 0.0544. The third-order valence-electron chi connectivity index (χ3n) is 11.5. The first-order chi connectivity index (χ1) is 30.8. The van der Waals surface area contributed by atoms with Gasteiger partial charge in [0.2, 0.25) is 0 Å². The number of esters is 2. The maximum Gasteiger partial charge on any atom is 0.472 e. The lowest BCUT2D eigenvalue weighted by Gasteiger charge is -2.19. The highest BCUT2D eigenvalue weighted by Gasteiger charge is 2.26. The van der Waals surface area contributed by atoms with Gasteiger partial charge in [0, 0.05) is 19.4 Å². The number of phosphoric ester groups is 1. The topological polar surface area (TPSA) is 134 Å². The molecule has 0 bridgehead atoms. The van der Waals surface area contributed by atoms with Crippen molar-refractivity contribution in [3.8, 4) is 0 Å². The molecular weight excluding hydrogens is 810 g/mol. The molecule has 2 unspecified atom stereocenters. The lowest BCUT2D eigenvalue weighted by molar-refractivity contribution is -0.161. The Morgan fingerprint density at radius 3 is 1.22 bits per heavy atom. The number of allylic oxidation sites excluding steroid dienone is 6. The van der Waals surface area contributed by atoms with E-state index in [0.717, 1.165) is 51.4 Å². The Morgan fingerprint density at radius 1 is 0.476 bits per heavy atom. The Hall–Kier alpha value is -1.77. The molecule has 2 atom stereocenters. The average molecular weight is 910 g/mol. The standard InChI is InChI=1S/C53H100NO8P/c1-3-5-7-9-11-13-15-17-19-20-21-22-23-24-25-26-27-28-29-30-32-34-36-38-40-42-44-46-53(56)62-51(50-61-63(57,58)60-48-47-54)49-59-52(55)45-43-41-39-37-35-33-31-18-16-14-12-10-8-6-4-2/h15,17,20-21,23-24,51H,3-14,16,18-19,22,25-50,54H2,1-2H3,(H,57,58)/b17-15-,21-20-,24-23-. The summed E-state index contributed by atoms with van der Waals surface area (Å²) in [6, 6.07) is 0. The predicted molar refractivity (Wildman–Crippen MR) is 266 cm³/mol. The second kappa shape index (κ2) is 49.7. The van der Waals surface area contributed by atoms with Crippen LogP contribution in [0.4, 0.5) is 0 Å². The fraction of sp³-hybridized carbons (Fsp3) is 0.849. The molecule has 0 amide bonds. The summed E-state index contributed by atoms with van der Waals surface area (Å²) >= 11 is 0. The summed E-state index contributed by atoms with van der Waals surface area (Å²) in [5.74, 6) is -0.819. The van der Waals surface area contributed by atoms with Crippen molar-refractivity contribution in [3.63, 3.8) is 0 Å². The highest BCUT2D eigenvalue weighted by Crippen LogP contribution is 2.43. The van der Waals surface area contributed by atoms with Gasteiger partial charge in [0.1, 0.15) is 6.61 Å². The first kappa shape index (κ1) is 61.2. The van der Waals surface area contributed by atoms with Gasteiger partial charge < -0.3 is 20.1 Å². The van der Waals surface area contributed by atoms with E-state index in [-0.39, 0.29) is 38.6 Å². The minimum Gasteiger partial charge on any atom is -0.462 e. The normalized spacial score (nSPS) is 13.4. The fourth-order valence-corrected chi connectivity index (χ4v) is 8.35. The van der Waals surface area contributed by atoms with Gasteiger partial charge in [-0.15, -0.1) is 0 Å². The van der Waals surface area contributed by atoms with Crippen molar-refractivity contribution < 1.29 is 37.6 Å². The number of carbonyl (C=O) groups excluding carboxylic acids is 2. The van der Waals surface area contributed by atoms with E-state index in [1.807, 2.05) is 0 Å². The van der Waals surface area contributed by atoms with Gasteiger partial charge in [-0.3, -0.25) is 18.6 Å². The van der Waals surface area contributed by atoms with Gasteiger partial charge in [0.15, 0.2) is 6.10 Å². The average Bonchev–Trinajstić information content (AvgIpc) is 3.27. The zero-order chi connectivity index (χ0) is 46.0. The first-order valence-electron chi connectivity index (χ1n) is 26.5. The van der Waals surface area contributed by atoms with Gasteiger partial charge >= 0.3 is 19.8 Å². The van der Waals surface area contributed by atoms with Crippen LogP contribution in [-0.4, -0.2) is 49.3 Å². The number of hydrogen-bond donors (Lipinski definition) is 2. The Balaban J connectivity index is 3.98. The molecule has 0 aromatic heterocycles.